The Morgan fingerprint density at radius 2 is 1.81 bits per heavy atom. The lowest BCUT2D eigenvalue weighted by Gasteiger charge is -2.36. The molecule has 0 saturated carbocycles. The van der Waals surface area contributed by atoms with E-state index < -0.39 is 8.32 Å². The molecule has 0 unspecified atom stereocenters. The summed E-state index contributed by atoms with van der Waals surface area (Å²) in [4.78, 5) is 4.93. The molecule has 1 aliphatic rings. The molecule has 0 bridgehead atoms. The Morgan fingerprint density at radius 3 is 2.43 bits per heavy atom. The molecule has 118 valence electrons. The zero-order chi connectivity index (χ0) is 15.3. The second-order valence-electron chi connectivity index (χ2n) is 6.49. The van der Waals surface area contributed by atoms with Crippen molar-refractivity contribution in [3.8, 4) is 5.75 Å². The van der Waals surface area contributed by atoms with Gasteiger partial charge in [-0.2, -0.15) is 0 Å². The summed E-state index contributed by atoms with van der Waals surface area (Å²) in [6.07, 6.45) is 0. The summed E-state index contributed by atoms with van der Waals surface area (Å²) in [5.74, 6) is 0.929. The van der Waals surface area contributed by atoms with Crippen LogP contribution < -0.4 is 9.64 Å². The summed E-state index contributed by atoms with van der Waals surface area (Å²) < 4.78 is 11.2. The zero-order valence-electron chi connectivity index (χ0n) is 13.8. The van der Waals surface area contributed by atoms with Crippen LogP contribution >= 0.6 is 0 Å². The summed E-state index contributed by atoms with van der Waals surface area (Å²) in [6, 6.07) is 8.33. The highest BCUT2D eigenvalue weighted by molar-refractivity contribution is 6.69. The molecule has 0 amide bonds. The van der Waals surface area contributed by atoms with Crippen LogP contribution in [0.15, 0.2) is 24.3 Å². The van der Waals surface area contributed by atoms with Crippen molar-refractivity contribution in [2.24, 2.45) is 0 Å². The highest BCUT2D eigenvalue weighted by Crippen LogP contribution is 2.22. The molecule has 0 aliphatic carbocycles. The molecule has 0 aromatic heterocycles. The fourth-order valence-electron chi connectivity index (χ4n) is 2.52. The van der Waals surface area contributed by atoms with Crippen molar-refractivity contribution < 1.29 is 9.16 Å². The van der Waals surface area contributed by atoms with E-state index in [-0.39, 0.29) is 0 Å². The summed E-state index contributed by atoms with van der Waals surface area (Å²) in [7, 11) is 0.348. The Kier molecular flexibility index (Phi) is 5.67. The largest absolute Gasteiger partial charge is 0.497 e. The minimum Gasteiger partial charge on any atom is -0.497 e. The van der Waals surface area contributed by atoms with Gasteiger partial charge in [0.2, 0.25) is 0 Å². The van der Waals surface area contributed by atoms with Gasteiger partial charge in [-0.15, -0.1) is 0 Å². The first-order chi connectivity index (χ1) is 9.98. The number of anilines is 1. The maximum Gasteiger partial charge on any atom is 0.183 e. The minimum atomic E-state index is -1.37. The highest BCUT2D eigenvalue weighted by Gasteiger charge is 2.19. The molecular formula is C16H28N2O2Si. The van der Waals surface area contributed by atoms with Crippen molar-refractivity contribution in [3.05, 3.63) is 24.3 Å². The van der Waals surface area contributed by atoms with Crippen molar-refractivity contribution in [3.63, 3.8) is 0 Å². The third-order valence-corrected chi connectivity index (χ3v) is 4.80. The first kappa shape index (κ1) is 16.3. The Balaban J connectivity index is 1.77. The number of methoxy groups -OCH3 is 1. The molecule has 1 saturated heterocycles. The molecular weight excluding hydrogens is 280 g/mol. The number of rotatable bonds is 6. The van der Waals surface area contributed by atoms with E-state index >= 15 is 0 Å². The van der Waals surface area contributed by atoms with E-state index in [2.05, 4.69) is 47.6 Å². The van der Waals surface area contributed by atoms with E-state index in [9.17, 15) is 0 Å². The molecule has 4 nitrogen and oxygen atoms in total. The van der Waals surface area contributed by atoms with Crippen molar-refractivity contribution in [1.82, 2.24) is 4.90 Å². The van der Waals surface area contributed by atoms with Crippen LogP contribution in [0.5, 0.6) is 5.75 Å². The number of benzene rings is 1. The number of hydrogen-bond donors (Lipinski definition) is 0. The Morgan fingerprint density at radius 1 is 1.10 bits per heavy atom. The van der Waals surface area contributed by atoms with E-state index in [0.29, 0.717) is 0 Å². The Bertz CT molecular complexity index is 440. The summed E-state index contributed by atoms with van der Waals surface area (Å²) in [5, 5.41) is 0. The van der Waals surface area contributed by atoms with E-state index in [0.717, 1.165) is 45.1 Å². The SMILES string of the molecule is COc1cccc(N2CCN(CCO[Si](C)(C)C)CC2)c1. The van der Waals surface area contributed by atoms with Crippen LogP contribution in [0.2, 0.25) is 19.6 Å². The molecule has 2 rings (SSSR count). The van der Waals surface area contributed by atoms with Crippen molar-refractivity contribution >= 4 is 14.0 Å². The van der Waals surface area contributed by atoms with E-state index in [1.165, 1.54) is 5.69 Å². The fraction of sp³-hybridized carbons (Fsp3) is 0.625. The molecule has 0 radical (unpaired) electrons. The predicted molar refractivity (Wildman–Crippen MR) is 90.9 cm³/mol. The Labute approximate surface area is 129 Å². The predicted octanol–water partition coefficient (Wildman–Crippen LogP) is 2.67. The third-order valence-electron chi connectivity index (χ3n) is 3.73. The van der Waals surface area contributed by atoms with Crippen LogP contribution in [-0.4, -0.2) is 59.7 Å². The molecule has 1 heterocycles. The van der Waals surface area contributed by atoms with Gasteiger partial charge in [0.25, 0.3) is 0 Å². The summed E-state index contributed by atoms with van der Waals surface area (Å²) in [6.45, 7) is 13.0. The van der Waals surface area contributed by atoms with Gasteiger partial charge >= 0.3 is 0 Å². The average molecular weight is 308 g/mol. The van der Waals surface area contributed by atoms with Gasteiger partial charge in [-0.1, -0.05) is 6.07 Å². The van der Waals surface area contributed by atoms with E-state index in [1.807, 2.05) is 6.07 Å². The normalized spacial score (nSPS) is 17.0. The lowest BCUT2D eigenvalue weighted by atomic mass is 10.2. The second-order valence-corrected chi connectivity index (χ2v) is 11.0. The number of hydrogen-bond acceptors (Lipinski definition) is 4. The van der Waals surface area contributed by atoms with Crippen LogP contribution in [0.4, 0.5) is 5.69 Å². The zero-order valence-corrected chi connectivity index (χ0v) is 14.8. The number of ether oxygens (including phenoxy) is 1. The quantitative estimate of drug-likeness (QED) is 0.754. The van der Waals surface area contributed by atoms with Gasteiger partial charge in [0.05, 0.1) is 7.11 Å². The average Bonchev–Trinajstić information content (AvgIpc) is 2.47. The lowest BCUT2D eigenvalue weighted by molar-refractivity contribution is 0.197. The monoisotopic (exact) mass is 308 g/mol. The summed E-state index contributed by atoms with van der Waals surface area (Å²) in [5.41, 5.74) is 1.26. The number of piperazine rings is 1. The van der Waals surface area contributed by atoms with Crippen molar-refractivity contribution in [1.29, 1.82) is 0 Å². The van der Waals surface area contributed by atoms with Crippen LogP contribution in [0.1, 0.15) is 0 Å². The van der Waals surface area contributed by atoms with Gasteiger partial charge < -0.3 is 14.1 Å². The fourth-order valence-corrected chi connectivity index (χ4v) is 3.22. The van der Waals surface area contributed by atoms with Gasteiger partial charge in [-0.3, -0.25) is 4.90 Å². The van der Waals surface area contributed by atoms with Crippen LogP contribution in [0.25, 0.3) is 0 Å². The van der Waals surface area contributed by atoms with Gasteiger partial charge in [-0.25, -0.2) is 0 Å². The van der Waals surface area contributed by atoms with Crippen molar-refractivity contribution in [2.45, 2.75) is 19.6 Å². The molecule has 1 aromatic rings. The topological polar surface area (TPSA) is 24.9 Å². The molecule has 21 heavy (non-hydrogen) atoms. The molecule has 1 aliphatic heterocycles. The van der Waals surface area contributed by atoms with Gasteiger partial charge in [0.1, 0.15) is 5.75 Å². The molecule has 0 atom stereocenters. The highest BCUT2D eigenvalue weighted by atomic mass is 28.4. The molecule has 1 fully saturated rings. The first-order valence-electron chi connectivity index (χ1n) is 7.73. The first-order valence-corrected chi connectivity index (χ1v) is 11.1. The third kappa shape index (κ3) is 5.34. The van der Waals surface area contributed by atoms with Crippen LogP contribution in [-0.2, 0) is 4.43 Å². The van der Waals surface area contributed by atoms with E-state index in [1.54, 1.807) is 7.11 Å². The van der Waals surface area contributed by atoms with E-state index in [4.69, 9.17) is 9.16 Å². The maximum absolute atomic E-state index is 5.94. The molecule has 0 N–H and O–H groups in total. The van der Waals surface area contributed by atoms with Gasteiger partial charge in [0, 0.05) is 51.1 Å². The standard InChI is InChI=1S/C16H28N2O2Si/c1-19-16-7-5-6-15(14-16)18-10-8-17(9-11-18)12-13-20-21(2,3)4/h5-7,14H,8-13H2,1-4H3. The van der Waals surface area contributed by atoms with Crippen LogP contribution in [0, 0.1) is 0 Å². The molecule has 1 aromatic carbocycles. The minimum absolute atomic E-state index is 0.870. The smallest absolute Gasteiger partial charge is 0.183 e. The molecule has 5 heteroatoms. The second kappa shape index (κ2) is 7.29. The summed E-state index contributed by atoms with van der Waals surface area (Å²) >= 11 is 0. The lowest BCUT2D eigenvalue weighted by Crippen LogP contribution is -2.47. The maximum atomic E-state index is 5.94. The number of nitrogens with zero attached hydrogens (tertiary/aromatic N) is 2. The Hall–Kier alpha value is -1.04. The van der Waals surface area contributed by atoms with Gasteiger partial charge in [-0.05, 0) is 31.8 Å². The van der Waals surface area contributed by atoms with Gasteiger partial charge in [0.15, 0.2) is 8.32 Å². The molecule has 0 spiro atoms. The van der Waals surface area contributed by atoms with Crippen molar-refractivity contribution in [2.75, 3.05) is 51.3 Å². The van der Waals surface area contributed by atoms with Crippen LogP contribution in [0.3, 0.4) is 0 Å².